The van der Waals surface area contributed by atoms with E-state index >= 15 is 0 Å². The second-order valence-corrected chi connectivity index (χ2v) is 3.84. The molecule has 15 heavy (non-hydrogen) atoms. The molecule has 4 heteroatoms. The van der Waals surface area contributed by atoms with Crippen molar-refractivity contribution in [2.75, 3.05) is 25.6 Å². The fraction of sp³-hybridized carbons (Fsp3) is 0.909. The van der Waals surface area contributed by atoms with E-state index in [-0.39, 0.29) is 11.8 Å². The maximum Gasteiger partial charge on any atom is 0.223 e. The smallest absolute Gasteiger partial charge is 0.223 e. The van der Waals surface area contributed by atoms with Gasteiger partial charge in [-0.2, -0.15) is 0 Å². The van der Waals surface area contributed by atoms with Gasteiger partial charge in [-0.15, -0.1) is 11.6 Å². The highest BCUT2D eigenvalue weighted by atomic mass is 35.5. The molecule has 0 spiro atoms. The third kappa shape index (κ3) is 7.63. The second kappa shape index (κ2) is 10.2. The highest BCUT2D eigenvalue weighted by Gasteiger charge is 2.12. The van der Waals surface area contributed by atoms with Crippen LogP contribution >= 0.6 is 11.6 Å². The number of ether oxygens (including phenoxy) is 1. The summed E-state index contributed by atoms with van der Waals surface area (Å²) in [5.41, 5.74) is 0. The van der Waals surface area contributed by atoms with E-state index in [1.807, 2.05) is 13.8 Å². The molecule has 1 N–H and O–H groups in total. The molecule has 0 aromatic rings. The topological polar surface area (TPSA) is 38.3 Å². The summed E-state index contributed by atoms with van der Waals surface area (Å²) in [4.78, 5) is 11.5. The van der Waals surface area contributed by atoms with Crippen molar-refractivity contribution >= 4 is 17.5 Å². The first-order valence-corrected chi connectivity index (χ1v) is 6.21. The van der Waals surface area contributed by atoms with Crippen LogP contribution in [-0.2, 0) is 9.53 Å². The van der Waals surface area contributed by atoms with Crippen LogP contribution in [0.1, 0.15) is 33.1 Å². The van der Waals surface area contributed by atoms with Crippen LogP contribution in [0, 0.1) is 5.92 Å². The Kier molecular flexibility index (Phi) is 10.1. The molecule has 0 unspecified atom stereocenters. The molecule has 0 atom stereocenters. The largest absolute Gasteiger partial charge is 0.380 e. The first-order valence-electron chi connectivity index (χ1n) is 5.67. The van der Waals surface area contributed by atoms with Crippen LogP contribution in [0.2, 0.25) is 0 Å². The number of hydrogen-bond donors (Lipinski definition) is 1. The Morgan fingerprint density at radius 1 is 1.33 bits per heavy atom. The lowest BCUT2D eigenvalue weighted by Crippen LogP contribution is -2.31. The number of rotatable bonds is 9. The molecule has 90 valence electrons. The summed E-state index contributed by atoms with van der Waals surface area (Å²) >= 11 is 5.45. The van der Waals surface area contributed by atoms with Gasteiger partial charge in [0.2, 0.25) is 5.91 Å². The lowest BCUT2D eigenvalue weighted by Gasteiger charge is -2.12. The van der Waals surface area contributed by atoms with Crippen molar-refractivity contribution in [3.05, 3.63) is 0 Å². The van der Waals surface area contributed by atoms with Gasteiger partial charge in [-0.1, -0.05) is 13.8 Å². The molecular weight excluding hydrogens is 214 g/mol. The average Bonchev–Trinajstić information content (AvgIpc) is 2.25. The van der Waals surface area contributed by atoms with Gasteiger partial charge in [0.15, 0.2) is 0 Å². The normalized spacial score (nSPS) is 10.7. The second-order valence-electron chi connectivity index (χ2n) is 3.46. The summed E-state index contributed by atoms with van der Waals surface area (Å²) in [6, 6.07) is 0. The number of hydrogen-bond acceptors (Lipinski definition) is 2. The summed E-state index contributed by atoms with van der Waals surface area (Å²) in [5.74, 6) is 0.853. The number of carbonyl (C=O) groups is 1. The summed E-state index contributed by atoms with van der Waals surface area (Å²) in [6.07, 6.45) is 2.67. The third-order valence-electron chi connectivity index (χ3n) is 2.34. The fourth-order valence-corrected chi connectivity index (χ4v) is 1.46. The minimum atomic E-state index is 0.161. The predicted octanol–water partition coefficient (Wildman–Crippen LogP) is 2.18. The van der Waals surface area contributed by atoms with Crippen LogP contribution in [0.3, 0.4) is 0 Å². The summed E-state index contributed by atoms with van der Waals surface area (Å²) < 4.78 is 5.19. The zero-order valence-corrected chi connectivity index (χ0v) is 10.5. The number of nitrogens with one attached hydrogen (secondary N) is 1. The minimum absolute atomic E-state index is 0.161. The minimum Gasteiger partial charge on any atom is -0.380 e. The van der Waals surface area contributed by atoms with Crippen LogP contribution < -0.4 is 5.32 Å². The first kappa shape index (κ1) is 14.7. The lowest BCUT2D eigenvalue weighted by atomic mass is 10.0. The standard InChI is InChI=1S/C11H22ClNO2/c1-3-10(4-2)11(14)13-7-5-8-15-9-6-12/h10H,3-9H2,1-2H3,(H,13,14). The highest BCUT2D eigenvalue weighted by Crippen LogP contribution is 2.06. The zero-order chi connectivity index (χ0) is 11.5. The molecule has 0 fully saturated rings. The van der Waals surface area contributed by atoms with Gasteiger partial charge < -0.3 is 10.1 Å². The van der Waals surface area contributed by atoms with E-state index in [0.29, 0.717) is 25.6 Å². The molecule has 0 bridgehead atoms. The van der Waals surface area contributed by atoms with Gasteiger partial charge in [0.1, 0.15) is 0 Å². The lowest BCUT2D eigenvalue weighted by molar-refractivity contribution is -0.125. The SMILES string of the molecule is CCC(CC)C(=O)NCCCOCCCl. The van der Waals surface area contributed by atoms with Crippen LogP contribution in [0.25, 0.3) is 0 Å². The van der Waals surface area contributed by atoms with Crippen LogP contribution in [0.4, 0.5) is 0 Å². The van der Waals surface area contributed by atoms with Crippen molar-refractivity contribution < 1.29 is 9.53 Å². The summed E-state index contributed by atoms with van der Waals surface area (Å²) in [5, 5.41) is 2.91. The highest BCUT2D eigenvalue weighted by molar-refractivity contribution is 6.17. The molecule has 0 rings (SSSR count). The van der Waals surface area contributed by atoms with Crippen molar-refractivity contribution in [1.29, 1.82) is 0 Å². The van der Waals surface area contributed by atoms with Gasteiger partial charge in [0, 0.05) is 24.9 Å². The van der Waals surface area contributed by atoms with Crippen molar-refractivity contribution in [2.24, 2.45) is 5.92 Å². The molecule has 0 aromatic heterocycles. The summed E-state index contributed by atoms with van der Waals surface area (Å²) in [7, 11) is 0. The van der Waals surface area contributed by atoms with Crippen molar-refractivity contribution in [3.63, 3.8) is 0 Å². The molecule has 0 heterocycles. The molecule has 0 aliphatic rings. The van der Waals surface area contributed by atoms with E-state index in [1.54, 1.807) is 0 Å². The van der Waals surface area contributed by atoms with E-state index in [0.717, 1.165) is 19.3 Å². The number of alkyl halides is 1. The van der Waals surface area contributed by atoms with E-state index < -0.39 is 0 Å². The number of amides is 1. The summed E-state index contributed by atoms with van der Waals surface area (Å²) in [6.45, 7) is 6.02. The van der Waals surface area contributed by atoms with E-state index in [9.17, 15) is 4.79 Å². The maximum absolute atomic E-state index is 11.5. The van der Waals surface area contributed by atoms with Crippen molar-refractivity contribution in [3.8, 4) is 0 Å². The van der Waals surface area contributed by atoms with Gasteiger partial charge in [-0.25, -0.2) is 0 Å². The van der Waals surface area contributed by atoms with Gasteiger partial charge in [-0.3, -0.25) is 4.79 Å². The molecule has 0 radical (unpaired) electrons. The Morgan fingerprint density at radius 2 is 2.00 bits per heavy atom. The van der Waals surface area contributed by atoms with Gasteiger partial charge >= 0.3 is 0 Å². The molecule has 0 aromatic carbocycles. The Bertz CT molecular complexity index is 161. The molecule has 3 nitrogen and oxygen atoms in total. The van der Waals surface area contributed by atoms with E-state index in [2.05, 4.69) is 5.32 Å². The molecule has 1 amide bonds. The third-order valence-corrected chi connectivity index (χ3v) is 2.50. The van der Waals surface area contributed by atoms with Crippen LogP contribution in [0.5, 0.6) is 0 Å². The molecule has 0 aliphatic heterocycles. The fourth-order valence-electron chi connectivity index (χ4n) is 1.35. The van der Waals surface area contributed by atoms with Gasteiger partial charge in [-0.05, 0) is 19.3 Å². The zero-order valence-electron chi connectivity index (χ0n) is 9.72. The molecule has 0 saturated carbocycles. The average molecular weight is 236 g/mol. The van der Waals surface area contributed by atoms with Crippen LogP contribution in [0.15, 0.2) is 0 Å². The Labute approximate surface area is 97.5 Å². The Morgan fingerprint density at radius 3 is 2.53 bits per heavy atom. The number of carbonyl (C=O) groups excluding carboxylic acids is 1. The quantitative estimate of drug-likeness (QED) is 0.492. The van der Waals surface area contributed by atoms with Crippen LogP contribution in [-0.4, -0.2) is 31.5 Å². The van der Waals surface area contributed by atoms with E-state index in [4.69, 9.17) is 16.3 Å². The van der Waals surface area contributed by atoms with Crippen molar-refractivity contribution in [1.82, 2.24) is 5.32 Å². The predicted molar refractivity (Wildman–Crippen MR) is 63.2 cm³/mol. The van der Waals surface area contributed by atoms with E-state index in [1.165, 1.54) is 0 Å². The molecule has 0 aliphatic carbocycles. The maximum atomic E-state index is 11.5. The van der Waals surface area contributed by atoms with Crippen molar-refractivity contribution in [2.45, 2.75) is 33.1 Å². The number of halogens is 1. The monoisotopic (exact) mass is 235 g/mol. The molecular formula is C11H22ClNO2. The Hall–Kier alpha value is -0.280. The Balaban J connectivity index is 3.38. The molecule has 0 saturated heterocycles. The van der Waals surface area contributed by atoms with Gasteiger partial charge in [0.25, 0.3) is 0 Å². The van der Waals surface area contributed by atoms with Gasteiger partial charge in [0.05, 0.1) is 6.61 Å². The first-order chi connectivity index (χ1) is 7.26.